The van der Waals surface area contributed by atoms with Gasteiger partial charge >= 0.3 is 18.3 Å². The van der Waals surface area contributed by atoms with Gasteiger partial charge in [-0.25, -0.2) is 0 Å². The molecule has 0 spiro atoms. The van der Waals surface area contributed by atoms with Crippen LogP contribution in [0.5, 0.6) is 17.2 Å². The van der Waals surface area contributed by atoms with E-state index in [1.165, 1.54) is 36.4 Å². The fourth-order valence-electron chi connectivity index (χ4n) is 4.17. The van der Waals surface area contributed by atoms with Gasteiger partial charge in [0, 0.05) is 23.7 Å². The molecule has 6 nitrogen and oxygen atoms in total. The second kappa shape index (κ2) is 11.3. The maximum atomic E-state index is 13.3. The number of nitrogens with one attached hydrogen (secondary N) is 1. The van der Waals surface area contributed by atoms with Crippen LogP contribution in [0.15, 0.2) is 54.6 Å². The molecule has 3 aromatic carbocycles. The number of alkyl halides is 6. The number of aliphatic carboxylic acids is 1. The second-order valence-electron chi connectivity index (χ2n) is 8.85. The number of benzene rings is 3. The summed E-state index contributed by atoms with van der Waals surface area (Å²) in [6, 6.07) is 10.0. The van der Waals surface area contributed by atoms with E-state index in [2.05, 4.69) is 5.32 Å². The molecule has 1 heterocycles. The Morgan fingerprint density at radius 1 is 1.00 bits per heavy atom. The summed E-state index contributed by atoms with van der Waals surface area (Å²) in [7, 11) is 0. The molecule has 0 saturated heterocycles. The first kappa shape index (κ1) is 29.1. The lowest BCUT2D eigenvalue weighted by atomic mass is 9.93. The lowest BCUT2D eigenvalue weighted by Gasteiger charge is -2.24. The fourth-order valence-corrected chi connectivity index (χ4v) is 4.38. The van der Waals surface area contributed by atoms with E-state index >= 15 is 0 Å². The zero-order valence-corrected chi connectivity index (χ0v) is 21.1. The largest absolute Gasteiger partial charge is 0.493 e. The van der Waals surface area contributed by atoms with E-state index < -0.39 is 41.3 Å². The van der Waals surface area contributed by atoms with Crippen molar-refractivity contribution in [2.45, 2.75) is 31.1 Å². The van der Waals surface area contributed by atoms with Crippen LogP contribution in [0.4, 0.5) is 26.3 Å². The number of halogens is 7. The summed E-state index contributed by atoms with van der Waals surface area (Å²) >= 11 is 6.28. The molecule has 1 amide bonds. The van der Waals surface area contributed by atoms with Gasteiger partial charge in [-0.1, -0.05) is 17.7 Å². The van der Waals surface area contributed by atoms with E-state index in [9.17, 15) is 41.0 Å². The van der Waals surface area contributed by atoms with Crippen LogP contribution in [0.3, 0.4) is 0 Å². The van der Waals surface area contributed by atoms with E-state index in [0.717, 1.165) is 6.07 Å². The highest BCUT2D eigenvalue weighted by Gasteiger charge is 2.38. The van der Waals surface area contributed by atoms with E-state index in [4.69, 9.17) is 21.1 Å². The second-order valence-corrected chi connectivity index (χ2v) is 9.26. The lowest BCUT2D eigenvalue weighted by Crippen LogP contribution is -2.26. The molecule has 0 fully saturated rings. The predicted octanol–water partition coefficient (Wildman–Crippen LogP) is 7.09. The number of carbonyl (C=O) groups is 2. The van der Waals surface area contributed by atoms with Crippen molar-refractivity contribution in [1.82, 2.24) is 5.32 Å². The minimum absolute atomic E-state index is 0.0568. The smallest absolute Gasteiger partial charge is 0.416 e. The molecule has 0 radical (unpaired) electrons. The summed E-state index contributed by atoms with van der Waals surface area (Å²) < 4.78 is 89.8. The fraction of sp³-hybridized carbons (Fsp3) is 0.259. The lowest BCUT2D eigenvalue weighted by molar-refractivity contribution is -0.143. The Kier molecular flexibility index (Phi) is 8.20. The molecule has 0 saturated carbocycles. The molecular formula is C27H20ClF6NO5. The molecule has 0 bridgehead atoms. The quantitative estimate of drug-likeness (QED) is 0.288. The van der Waals surface area contributed by atoms with E-state index in [1.807, 2.05) is 0 Å². The molecule has 1 atom stereocenters. The number of hydrogen-bond donors (Lipinski definition) is 2. The maximum absolute atomic E-state index is 13.3. The van der Waals surface area contributed by atoms with Gasteiger partial charge in [-0.2, -0.15) is 26.3 Å². The number of amides is 1. The highest BCUT2D eigenvalue weighted by molar-refractivity contribution is 6.32. The monoisotopic (exact) mass is 587 g/mol. The molecule has 40 heavy (non-hydrogen) atoms. The molecular weight excluding hydrogens is 568 g/mol. The zero-order chi connectivity index (χ0) is 29.2. The van der Waals surface area contributed by atoms with E-state index in [1.54, 1.807) is 0 Å². The number of carboxylic acid groups (broad SMARTS) is 1. The van der Waals surface area contributed by atoms with Crippen LogP contribution in [0.25, 0.3) is 0 Å². The first-order valence-electron chi connectivity index (χ1n) is 11.8. The standard InChI is InChI=1S/C27H20ClF6NO5/c28-21-12-19-18(25(37)38)8-10-39-22(19)13-23(21)40-17-5-2-15(3-6-17)24(36)35-9-7-14-1-4-16(26(29,30)31)11-20(14)27(32,33)34/h1-6,11-13,18H,7-10H2,(H,35,36)(H,37,38). The number of carboxylic acids is 1. The van der Waals surface area contributed by atoms with Crippen molar-refractivity contribution in [3.63, 3.8) is 0 Å². The van der Waals surface area contributed by atoms with Gasteiger partial charge in [-0.15, -0.1) is 0 Å². The van der Waals surface area contributed by atoms with Gasteiger partial charge in [0.2, 0.25) is 0 Å². The van der Waals surface area contributed by atoms with Gasteiger partial charge in [-0.3, -0.25) is 9.59 Å². The van der Waals surface area contributed by atoms with Gasteiger partial charge in [0.15, 0.2) is 0 Å². The third-order valence-electron chi connectivity index (χ3n) is 6.17. The van der Waals surface area contributed by atoms with Crippen molar-refractivity contribution in [3.05, 3.63) is 87.4 Å². The molecule has 4 rings (SSSR count). The van der Waals surface area contributed by atoms with Gasteiger partial charge in [0.1, 0.15) is 17.2 Å². The van der Waals surface area contributed by atoms with Gasteiger partial charge in [-0.05, 0) is 60.9 Å². The highest BCUT2D eigenvalue weighted by atomic mass is 35.5. The zero-order valence-electron chi connectivity index (χ0n) is 20.3. The van der Waals surface area contributed by atoms with Crippen LogP contribution in [0, 0.1) is 0 Å². The van der Waals surface area contributed by atoms with Crippen LogP contribution < -0.4 is 14.8 Å². The van der Waals surface area contributed by atoms with Crippen molar-refractivity contribution in [2.75, 3.05) is 13.2 Å². The van der Waals surface area contributed by atoms with Crippen molar-refractivity contribution < 1.29 is 50.5 Å². The molecule has 1 unspecified atom stereocenters. The SMILES string of the molecule is O=C(NCCc1ccc(C(F)(F)F)cc1C(F)(F)F)c1ccc(Oc2cc3c(cc2Cl)C(C(=O)O)CCO3)cc1. The van der Waals surface area contributed by atoms with Crippen molar-refractivity contribution in [2.24, 2.45) is 0 Å². The molecule has 212 valence electrons. The van der Waals surface area contributed by atoms with Crippen LogP contribution in [0.1, 0.15) is 45.0 Å². The van der Waals surface area contributed by atoms with Crippen molar-refractivity contribution in [1.29, 1.82) is 0 Å². The first-order valence-corrected chi connectivity index (χ1v) is 12.1. The number of carbonyl (C=O) groups excluding carboxylic acids is 1. The first-order chi connectivity index (χ1) is 18.7. The Morgan fingerprint density at radius 2 is 1.70 bits per heavy atom. The molecule has 1 aliphatic heterocycles. The average Bonchev–Trinajstić information content (AvgIpc) is 2.88. The molecule has 2 N–H and O–H groups in total. The normalized spacial score (nSPS) is 15.1. The van der Waals surface area contributed by atoms with Gasteiger partial charge in [0.25, 0.3) is 5.91 Å². The van der Waals surface area contributed by atoms with Crippen molar-refractivity contribution >= 4 is 23.5 Å². The molecule has 13 heteroatoms. The topological polar surface area (TPSA) is 84.9 Å². The number of fused-ring (bicyclic) bond motifs is 1. The summed E-state index contributed by atoms with van der Waals surface area (Å²) in [5.74, 6) is -1.57. The summed E-state index contributed by atoms with van der Waals surface area (Å²) in [4.78, 5) is 23.9. The predicted molar refractivity (Wildman–Crippen MR) is 131 cm³/mol. The van der Waals surface area contributed by atoms with E-state index in [0.29, 0.717) is 23.8 Å². The van der Waals surface area contributed by atoms with Crippen LogP contribution >= 0.6 is 11.6 Å². The van der Waals surface area contributed by atoms with Crippen LogP contribution in [-0.2, 0) is 23.6 Å². The minimum atomic E-state index is -5.00. The molecule has 0 aromatic heterocycles. The van der Waals surface area contributed by atoms with E-state index in [-0.39, 0.29) is 53.3 Å². The highest BCUT2D eigenvalue weighted by Crippen LogP contribution is 2.42. The Hall–Kier alpha value is -3.93. The average molecular weight is 588 g/mol. The summed E-state index contributed by atoms with van der Waals surface area (Å²) in [5.41, 5.74) is -2.63. The Bertz CT molecular complexity index is 1420. The maximum Gasteiger partial charge on any atom is 0.416 e. The third kappa shape index (κ3) is 6.61. The minimum Gasteiger partial charge on any atom is -0.493 e. The van der Waals surface area contributed by atoms with Gasteiger partial charge in [0.05, 0.1) is 28.7 Å². The van der Waals surface area contributed by atoms with Crippen LogP contribution in [-0.4, -0.2) is 30.1 Å². The van der Waals surface area contributed by atoms with Crippen molar-refractivity contribution in [3.8, 4) is 17.2 Å². The Morgan fingerprint density at radius 3 is 2.33 bits per heavy atom. The third-order valence-corrected chi connectivity index (χ3v) is 6.46. The summed E-state index contributed by atoms with van der Waals surface area (Å²) in [6.45, 7) is -0.0428. The number of hydrogen-bond acceptors (Lipinski definition) is 4. The molecule has 3 aromatic rings. The number of rotatable bonds is 7. The molecule has 0 aliphatic carbocycles. The Labute approximate surface area is 228 Å². The number of ether oxygens (including phenoxy) is 2. The summed E-state index contributed by atoms with van der Waals surface area (Å²) in [6.07, 6.45) is -9.97. The summed E-state index contributed by atoms with van der Waals surface area (Å²) in [5, 5.41) is 12.0. The molecule has 1 aliphatic rings. The Balaban J connectivity index is 1.39. The van der Waals surface area contributed by atoms with Crippen LogP contribution in [0.2, 0.25) is 5.02 Å². The van der Waals surface area contributed by atoms with Gasteiger partial charge < -0.3 is 19.9 Å².